The predicted octanol–water partition coefficient (Wildman–Crippen LogP) is 1.15. The molecule has 1 unspecified atom stereocenters. The molecule has 1 aromatic carbocycles. The highest BCUT2D eigenvalue weighted by atomic mass is 79.9. The van der Waals surface area contributed by atoms with Crippen LogP contribution in [0.3, 0.4) is 0 Å². The van der Waals surface area contributed by atoms with E-state index in [1.54, 1.807) is 0 Å². The third-order valence-corrected chi connectivity index (χ3v) is 8.52. The minimum absolute atomic E-state index is 0.00762. The van der Waals surface area contributed by atoms with Crippen molar-refractivity contribution in [3.05, 3.63) is 67.4 Å². The van der Waals surface area contributed by atoms with Crippen LogP contribution >= 0.6 is 15.9 Å². The fourth-order valence-electron chi connectivity index (χ4n) is 4.29. The monoisotopic (exact) mass is 657 g/mol. The average molecular weight is 659 g/mol. The summed E-state index contributed by atoms with van der Waals surface area (Å²) < 4.78 is 38.7. The van der Waals surface area contributed by atoms with Crippen molar-refractivity contribution in [2.75, 3.05) is 19.7 Å². The molecule has 15 heteroatoms. The van der Waals surface area contributed by atoms with E-state index in [1.165, 1.54) is 45.8 Å². The molecule has 4 atom stereocenters. The lowest BCUT2D eigenvalue weighted by molar-refractivity contribution is -0.144. The van der Waals surface area contributed by atoms with Gasteiger partial charge in [-0.1, -0.05) is 29.8 Å². The van der Waals surface area contributed by atoms with Gasteiger partial charge in [0.2, 0.25) is 15.8 Å². The number of carbonyl (C=O) groups excluding carboxylic acids is 2. The van der Waals surface area contributed by atoms with Crippen LogP contribution in [0, 0.1) is 0 Å². The Morgan fingerprint density at radius 2 is 1.85 bits per heavy atom. The summed E-state index contributed by atoms with van der Waals surface area (Å²) in [5.74, 6) is -1.89. The summed E-state index contributed by atoms with van der Waals surface area (Å²) in [6.45, 7) is 3.63. The molecule has 3 N–H and O–H groups in total. The number of aromatic amines is 1. The van der Waals surface area contributed by atoms with Gasteiger partial charge in [0.25, 0.3) is 5.56 Å². The molecule has 0 radical (unpaired) electrons. The van der Waals surface area contributed by atoms with E-state index in [2.05, 4.69) is 20.9 Å². The Bertz CT molecular complexity index is 1480. The Morgan fingerprint density at radius 1 is 1.22 bits per heavy atom. The third kappa shape index (κ3) is 7.67. The zero-order valence-corrected chi connectivity index (χ0v) is 24.8. The van der Waals surface area contributed by atoms with Crippen LogP contribution in [0.1, 0.15) is 55.3 Å². The largest absolute Gasteiger partial charge is 0.454 e. The van der Waals surface area contributed by atoms with E-state index >= 15 is 0 Å². The molecule has 0 saturated carbocycles. The van der Waals surface area contributed by atoms with E-state index in [-0.39, 0.29) is 22.4 Å². The number of benzene rings is 1. The quantitative estimate of drug-likeness (QED) is 0.264. The van der Waals surface area contributed by atoms with E-state index in [9.17, 15) is 37.8 Å². The maximum Gasteiger partial charge on any atom is 0.338 e. The Labute approximate surface area is 244 Å². The number of aliphatic hydroxyl groups excluding tert-OH is 2. The van der Waals surface area contributed by atoms with E-state index < -0.39 is 64.2 Å². The molecule has 0 bridgehead atoms. The average Bonchev–Trinajstić information content (AvgIpc) is 3.33. The number of ketones is 1. The summed E-state index contributed by atoms with van der Waals surface area (Å²) in [5, 5.41) is 20.9. The molecule has 1 fully saturated rings. The molecule has 1 aliphatic rings. The molecule has 224 valence electrons. The second-order valence-electron chi connectivity index (χ2n) is 9.32. The predicted molar refractivity (Wildman–Crippen MR) is 151 cm³/mol. The van der Waals surface area contributed by atoms with Gasteiger partial charge in [0.1, 0.15) is 18.4 Å². The van der Waals surface area contributed by atoms with E-state index in [4.69, 9.17) is 9.47 Å². The van der Waals surface area contributed by atoms with Crippen LogP contribution in [0.5, 0.6) is 0 Å². The van der Waals surface area contributed by atoms with Gasteiger partial charge in [-0.25, -0.2) is 18.0 Å². The smallest absolute Gasteiger partial charge is 0.338 e. The zero-order valence-electron chi connectivity index (χ0n) is 22.4. The number of halogens is 1. The fourth-order valence-corrected chi connectivity index (χ4v) is 6.19. The van der Waals surface area contributed by atoms with Gasteiger partial charge in [-0.15, -0.1) is 0 Å². The number of nitrogens with one attached hydrogen (secondary N) is 1. The number of carbonyl (C=O) groups is 2. The lowest BCUT2D eigenvalue weighted by Gasteiger charge is -2.21. The minimum Gasteiger partial charge on any atom is -0.454 e. The lowest BCUT2D eigenvalue weighted by Crippen LogP contribution is -2.42. The molecule has 0 spiro atoms. The van der Waals surface area contributed by atoms with Crippen molar-refractivity contribution in [2.24, 2.45) is 0 Å². The number of H-pyrrole nitrogens is 1. The number of hydrogen-bond acceptors (Lipinski definition) is 10. The van der Waals surface area contributed by atoms with Crippen molar-refractivity contribution in [2.45, 2.75) is 62.5 Å². The normalized spacial score (nSPS) is 20.0. The van der Waals surface area contributed by atoms with Gasteiger partial charge >= 0.3 is 11.7 Å². The number of ether oxygens (including phenoxy) is 2. The Balaban J connectivity index is 1.63. The number of rotatable bonds is 13. The molecule has 0 amide bonds. The summed E-state index contributed by atoms with van der Waals surface area (Å²) in [6, 6.07) is 5.09. The maximum absolute atomic E-state index is 12.9. The molecule has 3 rings (SSSR count). The molecule has 1 aliphatic heterocycles. The van der Waals surface area contributed by atoms with Gasteiger partial charge in [-0.3, -0.25) is 19.1 Å². The van der Waals surface area contributed by atoms with Crippen molar-refractivity contribution in [1.29, 1.82) is 0 Å². The highest BCUT2D eigenvalue weighted by Gasteiger charge is 2.42. The fraction of sp³-hybridized carbons (Fsp3) is 0.462. The summed E-state index contributed by atoms with van der Waals surface area (Å²) in [5.41, 5.74) is -1.33. The molecule has 1 aromatic heterocycles. The van der Waals surface area contributed by atoms with Crippen molar-refractivity contribution in [3.63, 3.8) is 0 Å². The van der Waals surface area contributed by atoms with Crippen LogP contribution in [-0.2, 0) is 24.3 Å². The van der Waals surface area contributed by atoms with Crippen LogP contribution < -0.4 is 11.2 Å². The number of sulfonamides is 1. The number of aliphatic hydroxyl groups is 2. The Kier molecular flexibility index (Phi) is 11.3. The number of Topliss-reactive ketones (excluding diaryl/α,β-unsaturated/α-hetero) is 1. The summed E-state index contributed by atoms with van der Waals surface area (Å²) in [7, 11) is -3.74. The van der Waals surface area contributed by atoms with Gasteiger partial charge in [0, 0.05) is 25.7 Å². The third-order valence-electron chi connectivity index (χ3n) is 6.35. The standard InChI is InChI=1S/C26H32BrN3O10S/c1-3-11-29(12-4-2)41(37,38)18-7-5-16(6-8-18)25(35)39-15-20(32)22(33)23-19(31)13-21(40-23)30-14-17(9-10-27)24(34)28-26(30)36/h5-10,14,19,21-23,31,33H,3-4,11-13,15H2,1-2H3,(H,28,34,36)/t19-,21+,22?,23-/m0/s1. The maximum atomic E-state index is 12.9. The molecule has 0 aliphatic carbocycles. The highest BCUT2D eigenvalue weighted by Crippen LogP contribution is 2.30. The highest BCUT2D eigenvalue weighted by molar-refractivity contribution is 9.11. The van der Waals surface area contributed by atoms with Crippen molar-refractivity contribution >= 4 is 43.8 Å². The summed E-state index contributed by atoms with van der Waals surface area (Å²) in [6.07, 6.45) is -2.02. The van der Waals surface area contributed by atoms with Gasteiger partial charge in [-0.05, 0) is 48.2 Å². The van der Waals surface area contributed by atoms with Crippen molar-refractivity contribution in [3.8, 4) is 0 Å². The summed E-state index contributed by atoms with van der Waals surface area (Å²) >= 11 is 3.04. The van der Waals surface area contributed by atoms with Crippen molar-refractivity contribution in [1.82, 2.24) is 13.9 Å². The number of aromatic nitrogens is 2. The SMILES string of the molecule is CCCN(CCC)S(=O)(=O)c1ccc(C(=O)OCC(=O)C(O)[C@H]2O[C@@H](n3cc(C=CBr)c(=O)[nH]c3=O)C[C@@H]2O)cc1. The van der Waals surface area contributed by atoms with Crippen LogP contribution in [0.15, 0.2) is 49.9 Å². The first-order valence-electron chi connectivity index (χ1n) is 12.9. The van der Waals surface area contributed by atoms with Crippen LogP contribution in [0.4, 0.5) is 0 Å². The Morgan fingerprint density at radius 3 is 2.44 bits per heavy atom. The van der Waals surface area contributed by atoms with Crippen LogP contribution in [0.2, 0.25) is 0 Å². The van der Waals surface area contributed by atoms with Crippen LogP contribution in [-0.4, -0.2) is 82.2 Å². The number of hydrogen-bond donors (Lipinski definition) is 3. The minimum atomic E-state index is -3.74. The molecule has 1 saturated heterocycles. The number of esters is 1. The molecule has 2 heterocycles. The van der Waals surface area contributed by atoms with Gasteiger partial charge in [0.05, 0.1) is 22.1 Å². The second kappa shape index (κ2) is 14.3. The van der Waals surface area contributed by atoms with Gasteiger partial charge < -0.3 is 19.7 Å². The topological polar surface area (TPSA) is 185 Å². The van der Waals surface area contributed by atoms with Crippen molar-refractivity contribution < 1.29 is 37.7 Å². The van der Waals surface area contributed by atoms with E-state index in [0.29, 0.717) is 25.9 Å². The molecular weight excluding hydrogens is 626 g/mol. The summed E-state index contributed by atoms with van der Waals surface area (Å²) in [4.78, 5) is 52.7. The molecule has 41 heavy (non-hydrogen) atoms. The first kappa shape index (κ1) is 32.6. The number of nitrogens with zero attached hydrogens (tertiary/aromatic N) is 2. The van der Waals surface area contributed by atoms with Gasteiger partial charge in [0.15, 0.2) is 6.61 Å². The molecule has 2 aromatic rings. The zero-order chi connectivity index (χ0) is 30.3. The lowest BCUT2D eigenvalue weighted by atomic mass is 10.0. The first-order valence-corrected chi connectivity index (χ1v) is 15.2. The Hall–Kier alpha value is -2.95. The van der Waals surface area contributed by atoms with E-state index in [1.807, 2.05) is 13.8 Å². The van der Waals surface area contributed by atoms with Gasteiger partial charge in [-0.2, -0.15) is 4.31 Å². The van der Waals surface area contributed by atoms with Crippen LogP contribution in [0.25, 0.3) is 6.08 Å². The molecular formula is C26H32BrN3O10S. The first-order chi connectivity index (χ1) is 19.4. The second-order valence-corrected chi connectivity index (χ2v) is 11.8. The molecule has 13 nitrogen and oxygen atoms in total. The van der Waals surface area contributed by atoms with E-state index in [0.717, 1.165) is 4.57 Å².